The van der Waals surface area contributed by atoms with Gasteiger partial charge in [0.15, 0.2) is 0 Å². The SMILES string of the molecule is Cc1cc(C(=O)N2CCCC(C(N)=O)C2)cc(C)c1OC(F)F. The monoisotopic (exact) mass is 326 g/mol. The van der Waals surface area contributed by atoms with Gasteiger partial charge in [-0.1, -0.05) is 0 Å². The zero-order valence-corrected chi connectivity index (χ0v) is 13.1. The van der Waals surface area contributed by atoms with Crippen LogP contribution in [0.4, 0.5) is 8.78 Å². The van der Waals surface area contributed by atoms with E-state index in [-0.39, 0.29) is 17.6 Å². The number of aryl methyl sites for hydroxylation is 2. The molecule has 1 aliphatic heterocycles. The van der Waals surface area contributed by atoms with E-state index in [9.17, 15) is 18.4 Å². The highest BCUT2D eigenvalue weighted by atomic mass is 19.3. The highest BCUT2D eigenvalue weighted by molar-refractivity contribution is 5.95. The van der Waals surface area contributed by atoms with Gasteiger partial charge in [0.05, 0.1) is 5.92 Å². The first-order chi connectivity index (χ1) is 10.8. The Bertz CT molecular complexity index is 596. The van der Waals surface area contributed by atoms with Gasteiger partial charge in [-0.15, -0.1) is 0 Å². The number of benzene rings is 1. The minimum Gasteiger partial charge on any atom is -0.434 e. The number of likely N-dealkylation sites (tertiary alicyclic amines) is 1. The summed E-state index contributed by atoms with van der Waals surface area (Å²) in [5.74, 6) is -0.886. The lowest BCUT2D eigenvalue weighted by Crippen LogP contribution is -2.44. The van der Waals surface area contributed by atoms with Crippen LogP contribution < -0.4 is 10.5 Å². The van der Waals surface area contributed by atoms with E-state index in [2.05, 4.69) is 4.74 Å². The predicted octanol–water partition coefficient (Wildman–Crippen LogP) is 2.24. The Morgan fingerprint density at radius 3 is 2.43 bits per heavy atom. The van der Waals surface area contributed by atoms with E-state index < -0.39 is 12.5 Å². The van der Waals surface area contributed by atoms with Crippen LogP contribution in [0.25, 0.3) is 0 Å². The molecule has 1 aromatic carbocycles. The van der Waals surface area contributed by atoms with Gasteiger partial charge >= 0.3 is 6.61 Å². The molecule has 23 heavy (non-hydrogen) atoms. The second-order valence-corrected chi connectivity index (χ2v) is 5.81. The van der Waals surface area contributed by atoms with Crippen LogP contribution in [0.2, 0.25) is 0 Å². The van der Waals surface area contributed by atoms with Crippen molar-refractivity contribution in [1.82, 2.24) is 4.90 Å². The average Bonchev–Trinajstić information content (AvgIpc) is 2.49. The Morgan fingerprint density at radius 1 is 1.30 bits per heavy atom. The van der Waals surface area contributed by atoms with Gasteiger partial charge in [-0.3, -0.25) is 9.59 Å². The number of primary amides is 1. The first-order valence-electron chi connectivity index (χ1n) is 7.44. The molecule has 0 saturated carbocycles. The Morgan fingerprint density at radius 2 is 1.91 bits per heavy atom. The van der Waals surface area contributed by atoms with Crippen molar-refractivity contribution in [2.75, 3.05) is 13.1 Å². The maximum atomic E-state index is 12.6. The van der Waals surface area contributed by atoms with Crippen molar-refractivity contribution in [2.24, 2.45) is 11.7 Å². The minimum absolute atomic E-state index is 0.0882. The quantitative estimate of drug-likeness (QED) is 0.922. The summed E-state index contributed by atoms with van der Waals surface area (Å²) in [5, 5.41) is 0. The second kappa shape index (κ2) is 6.93. The fourth-order valence-corrected chi connectivity index (χ4v) is 2.93. The number of rotatable bonds is 4. The summed E-state index contributed by atoms with van der Waals surface area (Å²) < 4.78 is 29.3. The number of alkyl halides is 2. The van der Waals surface area contributed by atoms with Crippen molar-refractivity contribution in [2.45, 2.75) is 33.3 Å². The third-order valence-electron chi connectivity index (χ3n) is 4.03. The normalized spacial score (nSPS) is 18.1. The number of amides is 2. The molecule has 2 rings (SSSR count). The number of hydrogen-bond acceptors (Lipinski definition) is 3. The van der Waals surface area contributed by atoms with Crippen LogP contribution in [0.3, 0.4) is 0 Å². The smallest absolute Gasteiger partial charge is 0.387 e. The molecule has 0 radical (unpaired) electrons. The van der Waals surface area contributed by atoms with E-state index in [1.54, 1.807) is 18.7 Å². The van der Waals surface area contributed by atoms with Gasteiger partial charge in [0.2, 0.25) is 5.91 Å². The summed E-state index contributed by atoms with van der Waals surface area (Å²) in [6.07, 6.45) is 1.39. The maximum Gasteiger partial charge on any atom is 0.387 e. The zero-order valence-electron chi connectivity index (χ0n) is 13.1. The Labute approximate surface area is 133 Å². The molecule has 1 atom stereocenters. The van der Waals surface area contributed by atoms with E-state index in [1.165, 1.54) is 12.1 Å². The van der Waals surface area contributed by atoms with E-state index >= 15 is 0 Å². The number of carbonyl (C=O) groups excluding carboxylic acids is 2. The molecule has 7 heteroatoms. The average molecular weight is 326 g/mol. The number of piperidine rings is 1. The summed E-state index contributed by atoms with van der Waals surface area (Å²) in [5.41, 5.74) is 6.65. The van der Waals surface area contributed by atoms with Crippen LogP contribution in [0, 0.1) is 19.8 Å². The topological polar surface area (TPSA) is 72.6 Å². The fraction of sp³-hybridized carbons (Fsp3) is 0.500. The van der Waals surface area contributed by atoms with Crippen molar-refractivity contribution >= 4 is 11.8 Å². The summed E-state index contributed by atoms with van der Waals surface area (Å²) in [4.78, 5) is 25.5. The van der Waals surface area contributed by atoms with Gasteiger partial charge in [-0.05, 0) is 49.9 Å². The molecule has 0 aromatic heterocycles. The molecule has 1 aliphatic rings. The molecular weight excluding hydrogens is 306 g/mol. The molecule has 0 bridgehead atoms. The Balaban J connectivity index is 2.21. The van der Waals surface area contributed by atoms with E-state index in [1.807, 2.05) is 0 Å². The van der Waals surface area contributed by atoms with Crippen LogP contribution in [0.5, 0.6) is 5.75 Å². The van der Waals surface area contributed by atoms with E-state index in [4.69, 9.17) is 5.73 Å². The number of nitrogens with two attached hydrogens (primary N) is 1. The van der Waals surface area contributed by atoms with Gasteiger partial charge in [0.1, 0.15) is 5.75 Å². The van der Waals surface area contributed by atoms with Crippen molar-refractivity contribution in [3.8, 4) is 5.75 Å². The molecule has 126 valence electrons. The third kappa shape index (κ3) is 3.97. The molecule has 1 fully saturated rings. The lowest BCUT2D eigenvalue weighted by atomic mass is 9.96. The first kappa shape index (κ1) is 17.2. The van der Waals surface area contributed by atoms with Crippen molar-refractivity contribution < 1.29 is 23.1 Å². The van der Waals surface area contributed by atoms with Crippen LogP contribution >= 0.6 is 0 Å². The van der Waals surface area contributed by atoms with Crippen molar-refractivity contribution in [3.05, 3.63) is 28.8 Å². The molecule has 2 N–H and O–H groups in total. The highest BCUT2D eigenvalue weighted by Gasteiger charge is 2.28. The van der Waals surface area contributed by atoms with E-state index in [0.29, 0.717) is 42.6 Å². The van der Waals surface area contributed by atoms with Crippen LogP contribution in [0.1, 0.15) is 34.3 Å². The zero-order chi connectivity index (χ0) is 17.1. The number of carbonyl (C=O) groups is 2. The molecule has 5 nitrogen and oxygen atoms in total. The van der Waals surface area contributed by atoms with Crippen LogP contribution in [-0.4, -0.2) is 36.4 Å². The molecule has 2 amide bonds. The molecule has 0 aliphatic carbocycles. The van der Waals surface area contributed by atoms with Crippen molar-refractivity contribution in [3.63, 3.8) is 0 Å². The maximum absolute atomic E-state index is 12.6. The number of ether oxygens (including phenoxy) is 1. The summed E-state index contributed by atoms with van der Waals surface area (Å²) in [6.45, 7) is 1.16. The lowest BCUT2D eigenvalue weighted by Gasteiger charge is -2.31. The second-order valence-electron chi connectivity index (χ2n) is 5.81. The number of hydrogen-bond donors (Lipinski definition) is 1. The Kier molecular flexibility index (Phi) is 5.18. The highest BCUT2D eigenvalue weighted by Crippen LogP contribution is 2.28. The molecule has 1 heterocycles. The summed E-state index contributed by atoms with van der Waals surface area (Å²) in [6, 6.07) is 3.06. The lowest BCUT2D eigenvalue weighted by molar-refractivity contribution is -0.123. The predicted molar refractivity (Wildman–Crippen MR) is 80.4 cm³/mol. The van der Waals surface area contributed by atoms with E-state index in [0.717, 1.165) is 0 Å². The number of halogens is 2. The molecule has 0 spiro atoms. The molecule has 1 unspecified atom stereocenters. The van der Waals surface area contributed by atoms with Crippen molar-refractivity contribution in [1.29, 1.82) is 0 Å². The Hall–Kier alpha value is -2.18. The molecular formula is C16H20F2N2O3. The molecule has 1 saturated heterocycles. The van der Waals surface area contributed by atoms with Gasteiger partial charge in [0, 0.05) is 18.7 Å². The van der Waals surface area contributed by atoms with Gasteiger partial charge in [0.25, 0.3) is 5.91 Å². The first-order valence-corrected chi connectivity index (χ1v) is 7.44. The van der Waals surface area contributed by atoms with Crippen LogP contribution in [-0.2, 0) is 4.79 Å². The fourth-order valence-electron chi connectivity index (χ4n) is 2.93. The van der Waals surface area contributed by atoms with Gasteiger partial charge in [-0.2, -0.15) is 8.78 Å². The van der Waals surface area contributed by atoms with Gasteiger partial charge in [-0.25, -0.2) is 0 Å². The number of nitrogens with zero attached hydrogens (tertiary/aromatic N) is 1. The van der Waals surface area contributed by atoms with Crippen LogP contribution in [0.15, 0.2) is 12.1 Å². The third-order valence-corrected chi connectivity index (χ3v) is 4.03. The largest absolute Gasteiger partial charge is 0.434 e. The molecule has 1 aromatic rings. The van der Waals surface area contributed by atoms with Gasteiger partial charge < -0.3 is 15.4 Å². The summed E-state index contributed by atoms with van der Waals surface area (Å²) >= 11 is 0. The summed E-state index contributed by atoms with van der Waals surface area (Å²) in [7, 11) is 0. The standard InChI is InChI=1S/C16H20F2N2O3/c1-9-6-12(7-10(2)13(9)23-16(17)18)15(22)20-5-3-4-11(8-20)14(19)21/h6-7,11,16H,3-5,8H2,1-2H3,(H2,19,21). The minimum atomic E-state index is -2.91.